The van der Waals surface area contributed by atoms with Crippen LogP contribution in [0.25, 0.3) is 0 Å². The number of methoxy groups -OCH3 is 2. The SMILES string of the molecule is COc1ccc(CNc2nc(NCc3cccc(OC)c3)nc(Nc3ccc(CC(=O)NCCOCCOCCN)cc3)n2)cc1. The van der Waals surface area contributed by atoms with Gasteiger partial charge in [-0.1, -0.05) is 36.4 Å². The topological polar surface area (TPSA) is 167 Å². The molecule has 1 heterocycles. The number of nitrogens with two attached hydrogens (primary N) is 1. The third-order valence-corrected chi connectivity index (χ3v) is 6.61. The highest BCUT2D eigenvalue weighted by atomic mass is 16.5. The summed E-state index contributed by atoms with van der Waals surface area (Å²) in [5, 5.41) is 12.7. The number of carbonyl (C=O) groups excluding carboxylic acids is 1. The highest BCUT2D eigenvalue weighted by Gasteiger charge is 2.09. The Morgan fingerprint density at radius 3 is 2.00 bits per heavy atom. The number of benzene rings is 3. The molecule has 0 saturated carbocycles. The van der Waals surface area contributed by atoms with Crippen LogP contribution in [0.3, 0.4) is 0 Å². The van der Waals surface area contributed by atoms with Crippen molar-refractivity contribution in [3.8, 4) is 11.5 Å². The first-order chi connectivity index (χ1) is 22.5. The molecule has 244 valence electrons. The lowest BCUT2D eigenvalue weighted by atomic mass is 10.1. The van der Waals surface area contributed by atoms with Gasteiger partial charge in [-0.15, -0.1) is 0 Å². The maximum Gasteiger partial charge on any atom is 0.233 e. The number of rotatable bonds is 20. The average molecular weight is 631 g/mol. The Balaban J connectivity index is 1.35. The molecule has 13 nitrogen and oxygen atoms in total. The molecule has 4 rings (SSSR count). The summed E-state index contributed by atoms with van der Waals surface area (Å²) in [6, 6.07) is 23.1. The van der Waals surface area contributed by atoms with E-state index >= 15 is 0 Å². The van der Waals surface area contributed by atoms with Crippen molar-refractivity contribution in [1.29, 1.82) is 0 Å². The first kappa shape index (κ1) is 33.9. The molecule has 0 aliphatic heterocycles. The van der Waals surface area contributed by atoms with Crippen LogP contribution in [0.1, 0.15) is 16.7 Å². The molecule has 0 aliphatic carbocycles. The van der Waals surface area contributed by atoms with Crippen molar-refractivity contribution in [3.05, 3.63) is 89.5 Å². The summed E-state index contributed by atoms with van der Waals surface area (Å²) in [5.41, 5.74) is 9.07. The van der Waals surface area contributed by atoms with Crippen molar-refractivity contribution < 1.29 is 23.7 Å². The molecule has 6 N–H and O–H groups in total. The molecule has 0 saturated heterocycles. The third-order valence-electron chi connectivity index (χ3n) is 6.61. The van der Waals surface area contributed by atoms with E-state index in [0.717, 1.165) is 33.9 Å². The van der Waals surface area contributed by atoms with Gasteiger partial charge in [-0.2, -0.15) is 15.0 Å². The lowest BCUT2D eigenvalue weighted by Gasteiger charge is -2.12. The molecule has 0 atom stereocenters. The van der Waals surface area contributed by atoms with Gasteiger partial charge in [0.1, 0.15) is 11.5 Å². The molecule has 0 bridgehead atoms. The Kier molecular flexibility index (Phi) is 13.8. The predicted molar refractivity (Wildman–Crippen MR) is 178 cm³/mol. The predicted octanol–water partition coefficient (Wildman–Crippen LogP) is 3.51. The Morgan fingerprint density at radius 2 is 1.33 bits per heavy atom. The third kappa shape index (κ3) is 11.8. The molecule has 3 aromatic carbocycles. The van der Waals surface area contributed by atoms with Crippen LogP contribution in [-0.2, 0) is 33.8 Å². The van der Waals surface area contributed by atoms with E-state index < -0.39 is 0 Å². The van der Waals surface area contributed by atoms with Crippen molar-refractivity contribution in [3.63, 3.8) is 0 Å². The van der Waals surface area contributed by atoms with Gasteiger partial charge in [-0.3, -0.25) is 4.79 Å². The summed E-state index contributed by atoms with van der Waals surface area (Å²) in [5.74, 6) is 2.64. The molecule has 46 heavy (non-hydrogen) atoms. The molecule has 13 heteroatoms. The molecule has 0 aliphatic rings. The Hall–Kier alpha value is -4.98. The summed E-state index contributed by atoms with van der Waals surface area (Å²) >= 11 is 0. The van der Waals surface area contributed by atoms with Crippen LogP contribution in [0, 0.1) is 0 Å². The number of anilines is 4. The lowest BCUT2D eigenvalue weighted by molar-refractivity contribution is -0.120. The molecule has 0 spiro atoms. The Labute approximate surface area is 269 Å². The molecule has 1 amide bonds. The van der Waals surface area contributed by atoms with Gasteiger partial charge < -0.3 is 45.9 Å². The monoisotopic (exact) mass is 630 g/mol. The van der Waals surface area contributed by atoms with Crippen LogP contribution >= 0.6 is 0 Å². The van der Waals surface area contributed by atoms with Crippen molar-refractivity contribution in [2.75, 3.05) is 69.7 Å². The number of ether oxygens (including phenoxy) is 4. The zero-order valence-corrected chi connectivity index (χ0v) is 26.3. The molecule has 0 fully saturated rings. The van der Waals surface area contributed by atoms with Crippen molar-refractivity contribution >= 4 is 29.4 Å². The molecule has 0 unspecified atom stereocenters. The molecule has 4 aromatic rings. The van der Waals surface area contributed by atoms with Gasteiger partial charge in [0.25, 0.3) is 0 Å². The van der Waals surface area contributed by atoms with Gasteiger partial charge in [0.05, 0.1) is 47.1 Å². The number of hydrogen-bond acceptors (Lipinski definition) is 12. The van der Waals surface area contributed by atoms with E-state index in [-0.39, 0.29) is 12.3 Å². The minimum atomic E-state index is -0.0829. The maximum absolute atomic E-state index is 12.4. The molecule has 0 radical (unpaired) electrons. The van der Waals surface area contributed by atoms with Gasteiger partial charge in [0.2, 0.25) is 23.8 Å². The normalized spacial score (nSPS) is 10.7. The van der Waals surface area contributed by atoms with Crippen LogP contribution in [0.2, 0.25) is 0 Å². The number of hydrogen-bond donors (Lipinski definition) is 5. The van der Waals surface area contributed by atoms with E-state index in [1.165, 1.54) is 0 Å². The molecular weight excluding hydrogens is 588 g/mol. The van der Waals surface area contributed by atoms with Crippen molar-refractivity contribution in [2.24, 2.45) is 5.73 Å². The van der Waals surface area contributed by atoms with Gasteiger partial charge in [0, 0.05) is 31.9 Å². The minimum absolute atomic E-state index is 0.0829. The fourth-order valence-electron chi connectivity index (χ4n) is 4.23. The standard InChI is InChI=1S/C33H42N8O5/c1-43-28-12-8-25(9-13-28)22-36-31-39-32(37-23-26-4-3-5-29(20-26)44-2)41-33(40-31)38-27-10-6-24(7-11-27)21-30(42)35-15-17-46-19-18-45-16-14-34/h3-13,20H,14-19,21-23,34H2,1-2H3,(H,35,42)(H3,36,37,38,39,40,41). The second-order valence-corrected chi connectivity index (χ2v) is 10.1. The number of carbonyl (C=O) groups is 1. The largest absolute Gasteiger partial charge is 0.497 e. The van der Waals surface area contributed by atoms with Gasteiger partial charge in [-0.05, 0) is 53.1 Å². The van der Waals surface area contributed by atoms with E-state index in [1.54, 1.807) is 14.2 Å². The summed E-state index contributed by atoms with van der Waals surface area (Å²) in [6.45, 7) is 3.79. The zero-order valence-electron chi connectivity index (χ0n) is 26.3. The maximum atomic E-state index is 12.4. The first-order valence-corrected chi connectivity index (χ1v) is 15.0. The summed E-state index contributed by atoms with van der Waals surface area (Å²) in [6.07, 6.45) is 0.253. The molecular formula is C33H42N8O5. The van der Waals surface area contributed by atoms with E-state index in [2.05, 4.69) is 36.2 Å². The van der Waals surface area contributed by atoms with E-state index in [9.17, 15) is 4.79 Å². The second-order valence-electron chi connectivity index (χ2n) is 10.1. The average Bonchev–Trinajstić information content (AvgIpc) is 3.08. The number of aromatic nitrogens is 3. The van der Waals surface area contributed by atoms with Gasteiger partial charge >= 0.3 is 0 Å². The van der Waals surface area contributed by atoms with Crippen LogP contribution in [-0.4, -0.2) is 74.6 Å². The highest BCUT2D eigenvalue weighted by molar-refractivity contribution is 5.78. The fourth-order valence-corrected chi connectivity index (χ4v) is 4.23. The van der Waals surface area contributed by atoms with Gasteiger partial charge in [-0.25, -0.2) is 0 Å². The summed E-state index contributed by atoms with van der Waals surface area (Å²) < 4.78 is 21.3. The van der Waals surface area contributed by atoms with Crippen LogP contribution in [0.15, 0.2) is 72.8 Å². The Morgan fingerprint density at radius 1 is 0.696 bits per heavy atom. The number of nitrogens with one attached hydrogen (secondary N) is 4. The van der Waals surface area contributed by atoms with E-state index in [4.69, 9.17) is 24.7 Å². The van der Waals surface area contributed by atoms with Crippen LogP contribution in [0.5, 0.6) is 11.5 Å². The van der Waals surface area contributed by atoms with Crippen LogP contribution < -0.4 is 36.5 Å². The smallest absolute Gasteiger partial charge is 0.233 e. The zero-order chi connectivity index (χ0) is 32.4. The van der Waals surface area contributed by atoms with E-state index in [0.29, 0.717) is 70.5 Å². The number of amides is 1. The van der Waals surface area contributed by atoms with Crippen molar-refractivity contribution in [1.82, 2.24) is 20.3 Å². The lowest BCUT2D eigenvalue weighted by Crippen LogP contribution is -2.29. The van der Waals surface area contributed by atoms with Crippen molar-refractivity contribution in [2.45, 2.75) is 19.5 Å². The molecule has 1 aromatic heterocycles. The second kappa shape index (κ2) is 18.7. The Bertz CT molecular complexity index is 1490. The summed E-state index contributed by atoms with van der Waals surface area (Å²) in [4.78, 5) is 26.1. The fraction of sp³-hybridized carbons (Fsp3) is 0.333. The highest BCUT2D eigenvalue weighted by Crippen LogP contribution is 2.19. The van der Waals surface area contributed by atoms with Crippen LogP contribution in [0.4, 0.5) is 23.5 Å². The number of nitrogens with zero attached hydrogens (tertiary/aromatic N) is 3. The van der Waals surface area contributed by atoms with E-state index in [1.807, 2.05) is 72.8 Å². The van der Waals surface area contributed by atoms with Gasteiger partial charge in [0.15, 0.2) is 0 Å². The minimum Gasteiger partial charge on any atom is -0.497 e. The quantitative estimate of drug-likeness (QED) is 0.0904. The summed E-state index contributed by atoms with van der Waals surface area (Å²) in [7, 11) is 3.28. The first-order valence-electron chi connectivity index (χ1n) is 15.0.